The van der Waals surface area contributed by atoms with Crippen molar-refractivity contribution < 1.29 is 18.7 Å². The van der Waals surface area contributed by atoms with Crippen LogP contribution in [0.1, 0.15) is 15.9 Å². The molecule has 0 atom stereocenters. The Kier molecular flexibility index (Phi) is 4.20. The molecule has 0 aliphatic heterocycles. The summed E-state index contributed by atoms with van der Waals surface area (Å²) in [4.78, 5) is 24.0. The van der Waals surface area contributed by atoms with E-state index >= 15 is 0 Å². The van der Waals surface area contributed by atoms with Gasteiger partial charge in [-0.25, -0.2) is 4.39 Å². The molecule has 4 nitrogen and oxygen atoms in total. The topological polar surface area (TPSA) is 46.6 Å². The number of carbonyl (C=O) groups excluding carboxylic acids is 2. The Morgan fingerprint density at radius 2 is 2.06 bits per heavy atom. The van der Waals surface area contributed by atoms with Gasteiger partial charge in [0.05, 0.1) is 7.11 Å². The van der Waals surface area contributed by atoms with Crippen LogP contribution in [0.5, 0.6) is 0 Å². The lowest BCUT2D eigenvalue weighted by molar-refractivity contribution is -0.141. The number of carbonyl (C=O) groups is 2. The number of aryl methyl sites for hydroxylation is 1. The average molecular weight is 239 g/mol. The number of amides is 1. The minimum atomic E-state index is -0.520. The van der Waals surface area contributed by atoms with Gasteiger partial charge in [0.25, 0.3) is 5.91 Å². The first-order valence-corrected chi connectivity index (χ1v) is 5.04. The van der Waals surface area contributed by atoms with E-state index in [1.807, 2.05) is 0 Å². The maximum Gasteiger partial charge on any atom is 0.325 e. The molecule has 0 spiro atoms. The Morgan fingerprint density at radius 3 is 2.59 bits per heavy atom. The van der Waals surface area contributed by atoms with E-state index in [1.54, 1.807) is 6.92 Å². The van der Waals surface area contributed by atoms with Gasteiger partial charge in [-0.1, -0.05) is 6.07 Å². The first-order chi connectivity index (χ1) is 7.95. The van der Waals surface area contributed by atoms with Crippen molar-refractivity contribution in [3.8, 4) is 0 Å². The third-order valence-corrected chi connectivity index (χ3v) is 2.36. The van der Waals surface area contributed by atoms with Gasteiger partial charge >= 0.3 is 5.97 Å². The molecule has 0 aliphatic rings. The van der Waals surface area contributed by atoms with Crippen molar-refractivity contribution in [3.05, 3.63) is 35.1 Å². The maximum atomic E-state index is 13.3. The van der Waals surface area contributed by atoms with Crippen LogP contribution in [-0.4, -0.2) is 37.5 Å². The van der Waals surface area contributed by atoms with E-state index in [9.17, 15) is 14.0 Å². The summed E-state index contributed by atoms with van der Waals surface area (Å²) < 4.78 is 17.7. The summed E-state index contributed by atoms with van der Waals surface area (Å²) in [5.74, 6) is -1.38. The third kappa shape index (κ3) is 3.27. The molecule has 0 unspecified atom stereocenters. The van der Waals surface area contributed by atoms with Gasteiger partial charge < -0.3 is 9.64 Å². The molecule has 0 N–H and O–H groups in total. The molecular formula is C12H14FNO3. The zero-order chi connectivity index (χ0) is 13.0. The molecule has 1 rings (SSSR count). The molecule has 0 radical (unpaired) electrons. The van der Waals surface area contributed by atoms with Crippen LogP contribution in [0.3, 0.4) is 0 Å². The number of hydrogen-bond donors (Lipinski definition) is 0. The molecule has 0 bridgehead atoms. The minimum absolute atomic E-state index is 0.162. The molecule has 17 heavy (non-hydrogen) atoms. The highest BCUT2D eigenvalue weighted by Gasteiger charge is 2.15. The Hall–Kier alpha value is -1.91. The Labute approximate surface area is 99.0 Å². The van der Waals surface area contributed by atoms with Crippen molar-refractivity contribution in [2.45, 2.75) is 6.92 Å². The highest BCUT2D eigenvalue weighted by molar-refractivity contribution is 5.95. The van der Waals surface area contributed by atoms with Crippen molar-refractivity contribution in [1.82, 2.24) is 4.90 Å². The van der Waals surface area contributed by atoms with Gasteiger partial charge in [-0.2, -0.15) is 0 Å². The Balaban J connectivity index is 2.81. The fraction of sp³-hybridized carbons (Fsp3) is 0.333. The number of likely N-dealkylation sites (N-methyl/N-ethyl adjacent to an activating group) is 1. The van der Waals surface area contributed by atoms with Gasteiger partial charge in [-0.15, -0.1) is 0 Å². The molecule has 0 heterocycles. The number of rotatable bonds is 3. The lowest BCUT2D eigenvalue weighted by atomic mass is 10.1. The van der Waals surface area contributed by atoms with Gasteiger partial charge in [0.2, 0.25) is 0 Å². The molecule has 1 amide bonds. The third-order valence-electron chi connectivity index (χ3n) is 2.36. The van der Waals surface area contributed by atoms with E-state index in [2.05, 4.69) is 4.74 Å². The molecular weight excluding hydrogens is 225 g/mol. The highest BCUT2D eigenvalue weighted by Crippen LogP contribution is 2.10. The second-order valence-electron chi connectivity index (χ2n) is 3.70. The fourth-order valence-electron chi connectivity index (χ4n) is 1.28. The Morgan fingerprint density at radius 1 is 1.41 bits per heavy atom. The van der Waals surface area contributed by atoms with Crippen LogP contribution in [0, 0.1) is 12.7 Å². The summed E-state index contributed by atoms with van der Waals surface area (Å²) in [6.45, 7) is 1.45. The summed E-state index contributed by atoms with van der Waals surface area (Å²) in [6, 6.07) is 4.20. The van der Waals surface area contributed by atoms with Crippen molar-refractivity contribution >= 4 is 11.9 Å². The van der Waals surface area contributed by atoms with Crippen molar-refractivity contribution in [2.24, 2.45) is 0 Å². The first kappa shape index (κ1) is 13.2. The van der Waals surface area contributed by atoms with Crippen molar-refractivity contribution in [2.75, 3.05) is 20.7 Å². The van der Waals surface area contributed by atoms with Crippen LogP contribution in [0.25, 0.3) is 0 Å². The zero-order valence-electron chi connectivity index (χ0n) is 9.99. The van der Waals surface area contributed by atoms with E-state index < -0.39 is 17.7 Å². The van der Waals surface area contributed by atoms with E-state index in [0.717, 1.165) is 6.07 Å². The molecule has 92 valence electrons. The second kappa shape index (κ2) is 5.43. The number of halogens is 1. The van der Waals surface area contributed by atoms with Crippen LogP contribution in [0.15, 0.2) is 18.2 Å². The van der Waals surface area contributed by atoms with Crippen molar-refractivity contribution in [1.29, 1.82) is 0 Å². The molecule has 1 aromatic rings. The van der Waals surface area contributed by atoms with Crippen LogP contribution in [0.4, 0.5) is 4.39 Å². The summed E-state index contributed by atoms with van der Waals surface area (Å²) in [6.07, 6.45) is 0. The predicted molar refractivity (Wildman–Crippen MR) is 60.1 cm³/mol. The first-order valence-electron chi connectivity index (χ1n) is 5.04. The minimum Gasteiger partial charge on any atom is -0.468 e. The Bertz CT molecular complexity index is 445. The average Bonchev–Trinajstić information content (AvgIpc) is 2.31. The molecule has 0 fully saturated rings. The number of methoxy groups -OCH3 is 1. The van der Waals surface area contributed by atoms with E-state index in [1.165, 1.54) is 31.2 Å². The van der Waals surface area contributed by atoms with Crippen LogP contribution in [0.2, 0.25) is 0 Å². The highest BCUT2D eigenvalue weighted by atomic mass is 19.1. The summed E-state index contributed by atoms with van der Waals surface area (Å²) in [5, 5.41) is 0. The molecule has 0 saturated heterocycles. The summed E-state index contributed by atoms with van der Waals surface area (Å²) >= 11 is 0. The van der Waals surface area contributed by atoms with Crippen LogP contribution < -0.4 is 0 Å². The van der Waals surface area contributed by atoms with E-state index in [4.69, 9.17) is 0 Å². The molecule has 0 saturated carbocycles. The molecule has 1 aromatic carbocycles. The van der Waals surface area contributed by atoms with Gasteiger partial charge in [0.15, 0.2) is 0 Å². The molecule has 0 aromatic heterocycles. The monoisotopic (exact) mass is 239 g/mol. The van der Waals surface area contributed by atoms with Crippen LogP contribution >= 0.6 is 0 Å². The smallest absolute Gasteiger partial charge is 0.325 e. The number of esters is 1. The van der Waals surface area contributed by atoms with Crippen LogP contribution in [-0.2, 0) is 9.53 Å². The normalized spacial score (nSPS) is 9.88. The lowest BCUT2D eigenvalue weighted by Crippen LogP contribution is -2.32. The van der Waals surface area contributed by atoms with Crippen molar-refractivity contribution in [3.63, 3.8) is 0 Å². The number of benzene rings is 1. The predicted octanol–water partition coefficient (Wildman–Crippen LogP) is 1.38. The maximum absolute atomic E-state index is 13.3. The SMILES string of the molecule is COC(=O)CN(C)C(=O)c1ccc(C)c(F)c1. The quantitative estimate of drug-likeness (QED) is 0.749. The fourth-order valence-corrected chi connectivity index (χ4v) is 1.28. The number of nitrogens with zero attached hydrogens (tertiary/aromatic N) is 1. The van der Waals surface area contributed by atoms with Gasteiger partial charge in [-0.3, -0.25) is 9.59 Å². The zero-order valence-corrected chi connectivity index (χ0v) is 9.99. The molecule has 5 heteroatoms. The standard InChI is InChI=1S/C12H14FNO3/c1-8-4-5-9(6-10(8)13)12(16)14(2)7-11(15)17-3/h4-6H,7H2,1-3H3. The summed E-state index contributed by atoms with van der Waals surface area (Å²) in [5.41, 5.74) is 0.677. The lowest BCUT2D eigenvalue weighted by Gasteiger charge is -2.15. The van der Waals surface area contributed by atoms with E-state index in [-0.39, 0.29) is 12.1 Å². The van der Waals surface area contributed by atoms with Gasteiger partial charge in [0, 0.05) is 12.6 Å². The molecule has 0 aliphatic carbocycles. The second-order valence-corrected chi connectivity index (χ2v) is 3.70. The van der Waals surface area contributed by atoms with E-state index in [0.29, 0.717) is 5.56 Å². The largest absolute Gasteiger partial charge is 0.468 e. The summed E-state index contributed by atoms with van der Waals surface area (Å²) in [7, 11) is 2.70. The number of ether oxygens (including phenoxy) is 1. The van der Waals surface area contributed by atoms with Gasteiger partial charge in [0.1, 0.15) is 12.4 Å². The van der Waals surface area contributed by atoms with Gasteiger partial charge in [-0.05, 0) is 24.6 Å². The number of hydrogen-bond acceptors (Lipinski definition) is 3.